The van der Waals surface area contributed by atoms with E-state index in [1.54, 1.807) is 24.3 Å². The zero-order valence-corrected chi connectivity index (χ0v) is 18.5. The molecule has 0 aliphatic heterocycles. The first kappa shape index (κ1) is 24.2. The standard InChI is InChI=1S/C22H28ClFN6O/c1-22(2,26)13-29-19(25)18(21(31)27-3)20(30-17-10-8-16(24)9-11-17)28-12-14-4-6-15(23)7-5-14/h4-11,28,30H,12-13,26H2,1-3H3,(H2,25,29)(H,27,31)/b20-18-. The van der Waals surface area contributed by atoms with E-state index >= 15 is 0 Å². The van der Waals surface area contributed by atoms with Crippen molar-refractivity contribution in [1.82, 2.24) is 16.0 Å². The molecule has 166 valence electrons. The topological polar surface area (TPSA) is 115 Å². The highest BCUT2D eigenvalue weighted by Gasteiger charge is 2.22. The summed E-state index contributed by atoms with van der Waals surface area (Å²) in [6.07, 6.45) is 0. The second-order valence-corrected chi connectivity index (χ2v) is 8.09. The Hall–Kier alpha value is -3.10. The van der Waals surface area contributed by atoms with Crippen LogP contribution < -0.4 is 27.0 Å². The third kappa shape index (κ3) is 7.92. The van der Waals surface area contributed by atoms with Crippen LogP contribution >= 0.6 is 11.6 Å². The molecule has 0 atom stereocenters. The van der Waals surface area contributed by atoms with E-state index in [0.29, 0.717) is 17.3 Å². The minimum Gasteiger partial charge on any atom is -0.368 e. The van der Waals surface area contributed by atoms with Crippen molar-refractivity contribution in [2.24, 2.45) is 5.73 Å². The molecule has 31 heavy (non-hydrogen) atoms. The number of nitrogens with two attached hydrogens (primary N) is 1. The van der Waals surface area contributed by atoms with Gasteiger partial charge in [-0.15, -0.1) is 0 Å². The fourth-order valence-corrected chi connectivity index (χ4v) is 2.67. The second kappa shape index (κ2) is 10.8. The van der Waals surface area contributed by atoms with Crippen LogP contribution in [-0.4, -0.2) is 30.9 Å². The molecule has 0 aliphatic rings. The predicted octanol–water partition coefficient (Wildman–Crippen LogP) is 2.94. The van der Waals surface area contributed by atoms with Gasteiger partial charge in [0.2, 0.25) is 0 Å². The maximum Gasteiger partial charge on any atom is 0.258 e. The van der Waals surface area contributed by atoms with E-state index in [9.17, 15) is 9.18 Å². The number of hydrogen-bond acceptors (Lipinski definition) is 5. The highest BCUT2D eigenvalue weighted by molar-refractivity contribution is 6.30. The Kier molecular flexibility index (Phi) is 8.41. The summed E-state index contributed by atoms with van der Waals surface area (Å²) < 4.78 is 13.3. The van der Waals surface area contributed by atoms with Gasteiger partial charge in [-0.2, -0.15) is 0 Å². The van der Waals surface area contributed by atoms with Crippen LogP contribution in [0.25, 0.3) is 0 Å². The third-order valence-corrected chi connectivity index (χ3v) is 4.42. The van der Waals surface area contributed by atoms with Gasteiger partial charge in [-0.05, 0) is 55.8 Å². The molecular formula is C22H28ClFN6O. The van der Waals surface area contributed by atoms with Crippen LogP contribution in [0.15, 0.2) is 59.9 Å². The Balaban J connectivity index is 2.39. The van der Waals surface area contributed by atoms with Gasteiger partial charge in [0.25, 0.3) is 5.91 Å². The van der Waals surface area contributed by atoms with Crippen molar-refractivity contribution < 1.29 is 9.18 Å². The highest BCUT2D eigenvalue weighted by Crippen LogP contribution is 2.15. The van der Waals surface area contributed by atoms with Gasteiger partial charge in [0, 0.05) is 36.4 Å². The monoisotopic (exact) mass is 446 g/mol. The molecule has 0 heterocycles. The van der Waals surface area contributed by atoms with Gasteiger partial charge in [0.1, 0.15) is 23.0 Å². The summed E-state index contributed by atoms with van der Waals surface area (Å²) in [6.45, 7) is 4.27. The average molecular weight is 447 g/mol. The number of amides is 1. The first-order chi connectivity index (χ1) is 14.6. The SMILES string of the molecule is CNC(=O)/C(C(=N)NCC(C)(C)N)=C(/NCc1ccc(Cl)cc1)Nc1ccc(F)cc1. The minimum atomic E-state index is -0.582. The molecule has 0 saturated heterocycles. The van der Waals surface area contributed by atoms with Crippen LogP contribution in [-0.2, 0) is 11.3 Å². The van der Waals surface area contributed by atoms with Crippen molar-refractivity contribution in [2.75, 3.05) is 18.9 Å². The van der Waals surface area contributed by atoms with E-state index in [2.05, 4.69) is 21.3 Å². The van der Waals surface area contributed by atoms with Crippen LogP contribution in [0.4, 0.5) is 10.1 Å². The van der Waals surface area contributed by atoms with E-state index in [1.165, 1.54) is 19.2 Å². The Bertz CT molecular complexity index is 936. The normalized spacial score (nSPS) is 11.9. The molecule has 9 heteroatoms. The van der Waals surface area contributed by atoms with Crippen molar-refractivity contribution in [3.05, 3.63) is 76.3 Å². The largest absolute Gasteiger partial charge is 0.368 e. The number of anilines is 1. The predicted molar refractivity (Wildman–Crippen MR) is 123 cm³/mol. The summed E-state index contributed by atoms with van der Waals surface area (Å²) in [4.78, 5) is 12.7. The molecule has 0 aromatic heterocycles. The van der Waals surface area contributed by atoms with Crippen molar-refractivity contribution in [3.63, 3.8) is 0 Å². The second-order valence-electron chi connectivity index (χ2n) is 7.66. The van der Waals surface area contributed by atoms with Gasteiger partial charge in [0.15, 0.2) is 0 Å². The van der Waals surface area contributed by atoms with Crippen molar-refractivity contribution in [3.8, 4) is 0 Å². The van der Waals surface area contributed by atoms with Gasteiger partial charge in [-0.25, -0.2) is 4.39 Å². The van der Waals surface area contributed by atoms with Crippen molar-refractivity contribution >= 4 is 29.0 Å². The molecule has 2 aromatic carbocycles. The first-order valence-corrected chi connectivity index (χ1v) is 10.1. The number of carbonyl (C=O) groups excluding carboxylic acids is 1. The molecule has 0 radical (unpaired) electrons. The number of carbonyl (C=O) groups is 1. The quantitative estimate of drug-likeness (QED) is 0.201. The van der Waals surface area contributed by atoms with Gasteiger partial charge >= 0.3 is 0 Å². The van der Waals surface area contributed by atoms with Crippen LogP contribution in [0.5, 0.6) is 0 Å². The summed E-state index contributed by atoms with van der Waals surface area (Å²) >= 11 is 5.95. The molecule has 7 N–H and O–H groups in total. The fourth-order valence-electron chi connectivity index (χ4n) is 2.55. The lowest BCUT2D eigenvalue weighted by Gasteiger charge is -2.23. The lowest BCUT2D eigenvalue weighted by Crippen LogP contribution is -2.47. The highest BCUT2D eigenvalue weighted by atomic mass is 35.5. The average Bonchev–Trinajstić information content (AvgIpc) is 2.72. The molecule has 0 fully saturated rings. The number of hydrogen-bond donors (Lipinski definition) is 6. The molecule has 0 aliphatic carbocycles. The molecule has 2 aromatic rings. The molecule has 7 nitrogen and oxygen atoms in total. The van der Waals surface area contributed by atoms with Crippen LogP contribution in [0.2, 0.25) is 5.02 Å². The maximum absolute atomic E-state index is 13.3. The number of amidine groups is 1. The van der Waals surface area contributed by atoms with Gasteiger partial charge in [0.05, 0.1) is 0 Å². The number of rotatable bonds is 9. The summed E-state index contributed by atoms with van der Waals surface area (Å²) in [5.74, 6) is -0.670. The molecule has 0 unspecified atom stereocenters. The molecule has 2 rings (SSSR count). The van der Waals surface area contributed by atoms with Gasteiger partial charge < -0.3 is 27.0 Å². The number of likely N-dealkylation sites (N-methyl/N-ethyl adjacent to an activating group) is 1. The number of benzene rings is 2. The van der Waals surface area contributed by atoms with Gasteiger partial charge in [-0.3, -0.25) is 10.2 Å². The van der Waals surface area contributed by atoms with E-state index in [0.717, 1.165) is 5.56 Å². The number of nitrogens with one attached hydrogen (secondary N) is 5. The Morgan fingerprint density at radius 1 is 1.10 bits per heavy atom. The van der Waals surface area contributed by atoms with Crippen molar-refractivity contribution in [1.29, 1.82) is 5.41 Å². The Morgan fingerprint density at radius 3 is 2.26 bits per heavy atom. The fraction of sp³-hybridized carbons (Fsp3) is 0.273. The summed E-state index contributed by atoms with van der Waals surface area (Å²) in [7, 11) is 1.48. The molecule has 0 bridgehead atoms. The van der Waals surface area contributed by atoms with Gasteiger partial charge in [-0.1, -0.05) is 23.7 Å². The van der Waals surface area contributed by atoms with E-state index in [-0.39, 0.29) is 29.6 Å². The van der Waals surface area contributed by atoms with Crippen LogP contribution in [0.1, 0.15) is 19.4 Å². The molecule has 0 saturated carbocycles. The minimum absolute atomic E-state index is 0.0602. The first-order valence-electron chi connectivity index (χ1n) is 9.68. The Labute approximate surface area is 186 Å². The smallest absolute Gasteiger partial charge is 0.258 e. The lowest BCUT2D eigenvalue weighted by atomic mass is 10.1. The maximum atomic E-state index is 13.3. The number of halogens is 2. The summed E-state index contributed by atoms with van der Waals surface area (Å²) in [5.41, 5.74) is 6.95. The molecule has 1 amide bonds. The molecule has 0 spiro atoms. The van der Waals surface area contributed by atoms with E-state index in [4.69, 9.17) is 22.7 Å². The van der Waals surface area contributed by atoms with Crippen molar-refractivity contribution in [2.45, 2.75) is 25.9 Å². The summed E-state index contributed by atoms with van der Waals surface area (Å²) in [6, 6.07) is 12.9. The summed E-state index contributed by atoms with van der Waals surface area (Å²) in [5, 5.41) is 20.8. The van der Waals surface area contributed by atoms with Crippen LogP contribution in [0.3, 0.4) is 0 Å². The third-order valence-electron chi connectivity index (χ3n) is 4.17. The molecular weight excluding hydrogens is 419 g/mol. The van der Waals surface area contributed by atoms with Crippen LogP contribution in [0, 0.1) is 11.2 Å². The van der Waals surface area contributed by atoms with E-state index in [1.807, 2.05) is 26.0 Å². The Morgan fingerprint density at radius 2 is 1.71 bits per heavy atom. The van der Waals surface area contributed by atoms with E-state index < -0.39 is 11.4 Å². The zero-order chi connectivity index (χ0) is 23.0. The zero-order valence-electron chi connectivity index (χ0n) is 17.8. The lowest BCUT2D eigenvalue weighted by molar-refractivity contribution is -0.116.